The van der Waals surface area contributed by atoms with Crippen molar-refractivity contribution in [1.29, 1.82) is 0 Å². The first-order valence-electron chi connectivity index (χ1n) is 8.08. The highest BCUT2D eigenvalue weighted by atomic mass is 16.6. The minimum atomic E-state index is -0.529. The van der Waals surface area contributed by atoms with Crippen LogP contribution in [0.3, 0.4) is 0 Å². The second kappa shape index (κ2) is 5.54. The molecule has 0 radical (unpaired) electrons. The van der Waals surface area contributed by atoms with E-state index in [1.807, 2.05) is 27.8 Å². The summed E-state index contributed by atoms with van der Waals surface area (Å²) in [5.41, 5.74) is 1.76. The van der Waals surface area contributed by atoms with Crippen LogP contribution in [-0.2, 0) is 24.8 Å². The number of hydrogen-bond donors (Lipinski definition) is 1. The summed E-state index contributed by atoms with van der Waals surface area (Å²) in [5.74, 6) is -0.143. The van der Waals surface area contributed by atoms with Gasteiger partial charge in [-0.1, -0.05) is 0 Å². The van der Waals surface area contributed by atoms with E-state index < -0.39 is 5.60 Å². The lowest BCUT2D eigenvalue weighted by Crippen LogP contribution is -2.40. The number of hydrogen-bond acceptors (Lipinski definition) is 4. The number of aromatic nitrogens is 2. The lowest BCUT2D eigenvalue weighted by molar-refractivity contribution is 0.0221. The molecule has 1 fully saturated rings. The van der Waals surface area contributed by atoms with Crippen molar-refractivity contribution < 1.29 is 14.3 Å². The average molecular weight is 320 g/mol. The van der Waals surface area contributed by atoms with Gasteiger partial charge in [-0.25, -0.2) is 4.79 Å². The summed E-state index contributed by atoms with van der Waals surface area (Å²) in [6.07, 6.45) is 2.39. The van der Waals surface area contributed by atoms with Gasteiger partial charge in [-0.15, -0.1) is 0 Å². The fourth-order valence-electron chi connectivity index (χ4n) is 2.74. The number of carbonyl (C=O) groups is 2. The number of amides is 2. The highest BCUT2D eigenvalue weighted by Gasteiger charge is 2.33. The smallest absolute Gasteiger partial charge is 0.410 e. The lowest BCUT2D eigenvalue weighted by Gasteiger charge is -2.30. The van der Waals surface area contributed by atoms with Crippen LogP contribution in [0, 0.1) is 0 Å². The van der Waals surface area contributed by atoms with E-state index in [9.17, 15) is 9.59 Å². The summed E-state index contributed by atoms with van der Waals surface area (Å²) in [6.45, 7) is 6.48. The minimum absolute atomic E-state index is 0.143. The van der Waals surface area contributed by atoms with Crippen molar-refractivity contribution in [3.63, 3.8) is 0 Å². The van der Waals surface area contributed by atoms with E-state index in [4.69, 9.17) is 4.74 Å². The summed E-state index contributed by atoms with van der Waals surface area (Å²) in [7, 11) is 1.84. The zero-order valence-corrected chi connectivity index (χ0v) is 14.2. The molecule has 1 aromatic rings. The second-order valence-corrected chi connectivity index (χ2v) is 7.30. The molecule has 1 saturated carbocycles. The molecule has 1 aliphatic heterocycles. The molecule has 0 spiro atoms. The topological polar surface area (TPSA) is 76.5 Å². The fourth-order valence-corrected chi connectivity index (χ4v) is 2.74. The van der Waals surface area contributed by atoms with Crippen LogP contribution in [0.15, 0.2) is 0 Å². The maximum Gasteiger partial charge on any atom is 0.410 e. The standard InChI is InChI=1S/C16H24N4O3/c1-16(2,3)23-15(22)20-8-7-12-11(9-20)13(18-19(12)4)14(21)17-10-5-6-10/h10H,5-9H2,1-4H3,(H,17,21). The maximum absolute atomic E-state index is 12.4. The van der Waals surface area contributed by atoms with Crippen molar-refractivity contribution in [2.24, 2.45) is 7.05 Å². The Morgan fingerprint density at radius 3 is 2.61 bits per heavy atom. The van der Waals surface area contributed by atoms with Crippen molar-refractivity contribution in [2.45, 2.75) is 58.2 Å². The van der Waals surface area contributed by atoms with Gasteiger partial charge in [-0.2, -0.15) is 5.10 Å². The van der Waals surface area contributed by atoms with Crippen LogP contribution >= 0.6 is 0 Å². The van der Waals surface area contributed by atoms with E-state index in [2.05, 4.69) is 10.4 Å². The monoisotopic (exact) mass is 320 g/mol. The van der Waals surface area contributed by atoms with E-state index >= 15 is 0 Å². The Balaban J connectivity index is 1.78. The Morgan fingerprint density at radius 2 is 2.00 bits per heavy atom. The van der Waals surface area contributed by atoms with Crippen LogP contribution in [0.5, 0.6) is 0 Å². The molecule has 1 aromatic heterocycles. The van der Waals surface area contributed by atoms with Gasteiger partial charge in [-0.3, -0.25) is 9.48 Å². The van der Waals surface area contributed by atoms with E-state index in [1.165, 1.54) is 0 Å². The van der Waals surface area contributed by atoms with Crippen LogP contribution in [0.1, 0.15) is 55.4 Å². The molecule has 23 heavy (non-hydrogen) atoms. The number of rotatable bonds is 2. The van der Waals surface area contributed by atoms with Gasteiger partial charge in [-0.05, 0) is 33.6 Å². The van der Waals surface area contributed by atoms with Gasteiger partial charge >= 0.3 is 6.09 Å². The average Bonchev–Trinajstić information content (AvgIpc) is 3.19. The summed E-state index contributed by atoms with van der Waals surface area (Å²) in [4.78, 5) is 26.3. The second-order valence-electron chi connectivity index (χ2n) is 7.30. The molecule has 2 amide bonds. The lowest BCUT2D eigenvalue weighted by atomic mass is 10.1. The van der Waals surface area contributed by atoms with Crippen LogP contribution in [0.25, 0.3) is 0 Å². The van der Waals surface area contributed by atoms with Crippen molar-refractivity contribution in [2.75, 3.05) is 6.54 Å². The molecular formula is C16H24N4O3. The van der Waals surface area contributed by atoms with Gasteiger partial charge in [0, 0.05) is 37.3 Å². The van der Waals surface area contributed by atoms with E-state index in [1.54, 1.807) is 9.58 Å². The third-order valence-corrected chi connectivity index (χ3v) is 4.02. The van der Waals surface area contributed by atoms with Gasteiger partial charge in [0.15, 0.2) is 5.69 Å². The molecule has 0 unspecified atom stereocenters. The highest BCUT2D eigenvalue weighted by molar-refractivity contribution is 5.94. The molecule has 2 aliphatic rings. The zero-order valence-electron chi connectivity index (χ0n) is 14.2. The maximum atomic E-state index is 12.4. The van der Waals surface area contributed by atoms with E-state index in [0.717, 1.165) is 24.1 Å². The van der Waals surface area contributed by atoms with Crippen LogP contribution < -0.4 is 5.32 Å². The first-order valence-corrected chi connectivity index (χ1v) is 8.08. The predicted molar refractivity (Wildman–Crippen MR) is 84.0 cm³/mol. The molecule has 0 aromatic carbocycles. The number of carbonyl (C=O) groups excluding carboxylic acids is 2. The molecule has 3 rings (SSSR count). The molecule has 2 heterocycles. The molecular weight excluding hydrogens is 296 g/mol. The van der Waals surface area contributed by atoms with Crippen LogP contribution in [0.4, 0.5) is 4.79 Å². The summed E-state index contributed by atoms with van der Waals surface area (Å²) in [6, 6.07) is 0.283. The zero-order chi connectivity index (χ0) is 16.8. The number of ether oxygens (including phenoxy) is 1. The van der Waals surface area contributed by atoms with Crippen molar-refractivity contribution in [3.05, 3.63) is 17.0 Å². The number of nitrogens with one attached hydrogen (secondary N) is 1. The van der Waals surface area contributed by atoms with Gasteiger partial charge in [0.1, 0.15) is 5.60 Å². The summed E-state index contributed by atoms with van der Waals surface area (Å²) in [5, 5.41) is 7.33. The molecule has 0 atom stereocenters. The SMILES string of the molecule is Cn1nc(C(=O)NC2CC2)c2c1CCN(C(=O)OC(C)(C)C)C2. The Hall–Kier alpha value is -2.05. The first kappa shape index (κ1) is 15.8. The van der Waals surface area contributed by atoms with Crippen LogP contribution in [-0.4, -0.2) is 44.9 Å². The number of fused-ring (bicyclic) bond motifs is 1. The van der Waals surface area contributed by atoms with Gasteiger partial charge < -0.3 is 15.0 Å². The highest BCUT2D eigenvalue weighted by Crippen LogP contribution is 2.25. The normalized spacial score (nSPS) is 17.7. The molecule has 1 aliphatic carbocycles. The van der Waals surface area contributed by atoms with Gasteiger partial charge in [0.25, 0.3) is 5.91 Å². The Labute approximate surface area is 136 Å². The largest absolute Gasteiger partial charge is 0.444 e. The van der Waals surface area contributed by atoms with E-state index in [-0.39, 0.29) is 18.0 Å². The Morgan fingerprint density at radius 1 is 1.30 bits per heavy atom. The minimum Gasteiger partial charge on any atom is -0.444 e. The van der Waals surface area contributed by atoms with Crippen molar-refractivity contribution in [3.8, 4) is 0 Å². The molecule has 126 valence electrons. The number of aryl methyl sites for hydroxylation is 1. The van der Waals surface area contributed by atoms with Crippen molar-refractivity contribution >= 4 is 12.0 Å². The number of nitrogens with zero attached hydrogens (tertiary/aromatic N) is 3. The third kappa shape index (κ3) is 3.48. The van der Waals surface area contributed by atoms with Crippen LogP contribution in [0.2, 0.25) is 0 Å². The quantitative estimate of drug-likeness (QED) is 0.898. The first-order chi connectivity index (χ1) is 10.7. The van der Waals surface area contributed by atoms with Gasteiger partial charge in [0.2, 0.25) is 0 Å². The Bertz CT molecular complexity index is 640. The predicted octanol–water partition coefficient (Wildman–Crippen LogP) is 1.61. The molecule has 7 nitrogen and oxygen atoms in total. The molecule has 1 N–H and O–H groups in total. The van der Waals surface area contributed by atoms with E-state index in [0.29, 0.717) is 25.2 Å². The fraction of sp³-hybridized carbons (Fsp3) is 0.688. The Kier molecular flexibility index (Phi) is 3.82. The third-order valence-electron chi connectivity index (χ3n) is 4.02. The molecule has 7 heteroatoms. The molecule has 0 bridgehead atoms. The molecule has 0 saturated heterocycles. The van der Waals surface area contributed by atoms with Gasteiger partial charge in [0.05, 0.1) is 6.54 Å². The van der Waals surface area contributed by atoms with Crippen molar-refractivity contribution in [1.82, 2.24) is 20.0 Å². The summed E-state index contributed by atoms with van der Waals surface area (Å²) < 4.78 is 7.19. The summed E-state index contributed by atoms with van der Waals surface area (Å²) >= 11 is 0.